The Morgan fingerprint density at radius 2 is 1.77 bits per heavy atom. The molecule has 2 aromatic rings. The van der Waals surface area contributed by atoms with Gasteiger partial charge in [-0.05, 0) is 42.7 Å². The van der Waals surface area contributed by atoms with Crippen molar-refractivity contribution < 1.29 is 24.4 Å². The van der Waals surface area contributed by atoms with Gasteiger partial charge in [0.1, 0.15) is 30.0 Å². The van der Waals surface area contributed by atoms with Crippen LogP contribution in [0.15, 0.2) is 42.5 Å². The second kappa shape index (κ2) is 6.54. The van der Waals surface area contributed by atoms with Crippen LogP contribution in [0.2, 0.25) is 0 Å². The summed E-state index contributed by atoms with van der Waals surface area (Å²) in [6, 6.07) is 10.5. The van der Waals surface area contributed by atoms with Crippen LogP contribution >= 0.6 is 0 Å². The number of hydrogen-bond donors (Lipinski definition) is 3. The Bertz CT molecular complexity index is 787. The van der Waals surface area contributed by atoms with Gasteiger partial charge in [0.15, 0.2) is 0 Å². The van der Waals surface area contributed by atoms with E-state index in [-0.39, 0.29) is 17.6 Å². The summed E-state index contributed by atoms with van der Waals surface area (Å²) in [5.41, 5.74) is 0.409. The van der Waals surface area contributed by atoms with Gasteiger partial charge in [0, 0.05) is 24.7 Å². The third-order valence-electron chi connectivity index (χ3n) is 5.57. The third kappa shape index (κ3) is 3.05. The average molecular weight is 359 g/mol. The molecule has 2 aliphatic heterocycles. The molecule has 4 rings (SSSR count). The third-order valence-corrected chi connectivity index (χ3v) is 5.57. The molecule has 0 unspecified atom stereocenters. The van der Waals surface area contributed by atoms with Gasteiger partial charge in [-0.15, -0.1) is 0 Å². The molecule has 26 heavy (non-hydrogen) atoms. The molecule has 1 saturated heterocycles. The molecule has 0 amide bonds. The van der Waals surface area contributed by atoms with Crippen molar-refractivity contribution in [3.63, 3.8) is 0 Å². The number of likely N-dealkylation sites (tertiary alicyclic amines) is 1. The largest absolute Gasteiger partial charge is 0.508 e. The van der Waals surface area contributed by atoms with E-state index in [1.807, 2.05) is 0 Å². The van der Waals surface area contributed by atoms with Gasteiger partial charge in [-0.25, -0.2) is 4.39 Å². The second-order valence-corrected chi connectivity index (χ2v) is 7.12. The number of hydrogen-bond acceptors (Lipinski definition) is 5. The molecule has 1 fully saturated rings. The highest BCUT2D eigenvalue weighted by Crippen LogP contribution is 2.39. The van der Waals surface area contributed by atoms with Crippen molar-refractivity contribution >= 4 is 0 Å². The topological polar surface area (TPSA) is 73.2 Å². The molecule has 2 heterocycles. The van der Waals surface area contributed by atoms with Crippen LogP contribution in [-0.4, -0.2) is 46.0 Å². The van der Waals surface area contributed by atoms with Crippen LogP contribution in [-0.2, 0) is 5.60 Å². The number of aliphatic hydroxyl groups excluding tert-OH is 1. The SMILES string of the molecule is Oc1ccc2c(c1)OC[C@@H](N1CCC(O)(c3ccc(F)cc3)CC1)[C@H]2O. The molecule has 0 radical (unpaired) electrons. The zero-order chi connectivity index (χ0) is 18.3. The molecule has 138 valence electrons. The number of nitrogens with zero attached hydrogens (tertiary/aromatic N) is 1. The predicted octanol–water partition coefficient (Wildman–Crippen LogP) is 2.31. The number of aliphatic hydroxyl groups is 2. The summed E-state index contributed by atoms with van der Waals surface area (Å²) in [6.07, 6.45) is 0.297. The Kier molecular flexibility index (Phi) is 4.34. The monoisotopic (exact) mass is 359 g/mol. The summed E-state index contributed by atoms with van der Waals surface area (Å²) < 4.78 is 18.9. The summed E-state index contributed by atoms with van der Waals surface area (Å²) in [7, 11) is 0. The second-order valence-electron chi connectivity index (χ2n) is 7.12. The van der Waals surface area contributed by atoms with Crippen molar-refractivity contribution in [2.45, 2.75) is 30.6 Å². The predicted molar refractivity (Wildman–Crippen MR) is 93.5 cm³/mol. The van der Waals surface area contributed by atoms with Crippen LogP contribution in [0.3, 0.4) is 0 Å². The van der Waals surface area contributed by atoms with Crippen LogP contribution < -0.4 is 4.74 Å². The number of halogens is 1. The van der Waals surface area contributed by atoms with E-state index in [2.05, 4.69) is 4.90 Å². The van der Waals surface area contributed by atoms with Crippen LogP contribution in [0.4, 0.5) is 4.39 Å². The fourth-order valence-corrected chi connectivity index (χ4v) is 3.95. The number of piperidine rings is 1. The summed E-state index contributed by atoms with van der Waals surface area (Å²) in [6.45, 7) is 1.53. The molecule has 5 nitrogen and oxygen atoms in total. The van der Waals surface area contributed by atoms with Crippen molar-refractivity contribution in [2.24, 2.45) is 0 Å². The van der Waals surface area contributed by atoms with E-state index in [0.29, 0.717) is 43.9 Å². The van der Waals surface area contributed by atoms with Gasteiger partial charge >= 0.3 is 0 Å². The number of aromatic hydroxyl groups is 1. The fourth-order valence-electron chi connectivity index (χ4n) is 3.95. The van der Waals surface area contributed by atoms with Crippen LogP contribution in [0.25, 0.3) is 0 Å². The molecule has 3 N–H and O–H groups in total. The smallest absolute Gasteiger partial charge is 0.128 e. The minimum absolute atomic E-state index is 0.108. The van der Waals surface area contributed by atoms with Gasteiger partial charge in [0.05, 0.1) is 11.6 Å². The highest BCUT2D eigenvalue weighted by atomic mass is 19.1. The number of phenols is 1. The molecule has 0 saturated carbocycles. The number of benzene rings is 2. The average Bonchev–Trinajstić information content (AvgIpc) is 2.63. The molecule has 6 heteroatoms. The van der Waals surface area contributed by atoms with Gasteiger partial charge in [-0.1, -0.05) is 12.1 Å². The normalized spacial score (nSPS) is 25.3. The van der Waals surface area contributed by atoms with E-state index in [0.717, 1.165) is 5.56 Å². The van der Waals surface area contributed by atoms with Gasteiger partial charge < -0.3 is 20.1 Å². The molecular formula is C20H22FNO4. The molecule has 2 atom stereocenters. The molecule has 0 aromatic heterocycles. The number of ether oxygens (including phenoxy) is 1. The first-order valence-corrected chi connectivity index (χ1v) is 8.82. The maximum Gasteiger partial charge on any atom is 0.128 e. The number of fused-ring (bicyclic) bond motifs is 1. The Morgan fingerprint density at radius 1 is 1.08 bits per heavy atom. The standard InChI is InChI=1S/C20H22FNO4/c21-14-3-1-13(2-4-14)20(25)7-9-22(10-8-20)17-12-26-18-11-15(23)5-6-16(18)19(17)24/h1-6,11,17,19,23-25H,7-10,12H2/t17-,19+/m1/s1. The van der Waals surface area contributed by atoms with E-state index in [1.54, 1.807) is 18.2 Å². The summed E-state index contributed by atoms with van der Waals surface area (Å²) in [5, 5.41) is 31.2. The lowest BCUT2D eigenvalue weighted by atomic mass is 9.83. The van der Waals surface area contributed by atoms with E-state index in [4.69, 9.17) is 4.74 Å². The Morgan fingerprint density at radius 3 is 2.46 bits per heavy atom. The number of rotatable bonds is 2. The van der Waals surface area contributed by atoms with Crippen LogP contribution in [0.5, 0.6) is 11.5 Å². The first-order valence-electron chi connectivity index (χ1n) is 8.82. The van der Waals surface area contributed by atoms with Crippen LogP contribution in [0, 0.1) is 5.82 Å². The van der Waals surface area contributed by atoms with E-state index >= 15 is 0 Å². The van der Waals surface area contributed by atoms with Crippen molar-refractivity contribution in [1.82, 2.24) is 4.90 Å². The minimum atomic E-state index is -0.978. The molecule has 0 bridgehead atoms. The van der Waals surface area contributed by atoms with Crippen molar-refractivity contribution in [3.05, 3.63) is 59.4 Å². The van der Waals surface area contributed by atoms with E-state index < -0.39 is 11.7 Å². The molecule has 0 spiro atoms. The maximum absolute atomic E-state index is 13.1. The van der Waals surface area contributed by atoms with Crippen molar-refractivity contribution in [3.8, 4) is 11.5 Å². The summed E-state index contributed by atoms with van der Waals surface area (Å²) in [5.74, 6) is 0.298. The van der Waals surface area contributed by atoms with Gasteiger partial charge in [0.2, 0.25) is 0 Å². The Labute approximate surface area is 151 Å². The zero-order valence-corrected chi connectivity index (χ0v) is 14.3. The molecule has 0 aliphatic carbocycles. The highest BCUT2D eigenvalue weighted by Gasteiger charge is 2.40. The highest BCUT2D eigenvalue weighted by molar-refractivity contribution is 5.43. The lowest BCUT2D eigenvalue weighted by Crippen LogP contribution is -2.52. The Hall–Kier alpha value is -2.15. The first kappa shape index (κ1) is 17.3. The quantitative estimate of drug-likeness (QED) is 0.767. The van der Waals surface area contributed by atoms with Crippen LogP contribution in [0.1, 0.15) is 30.1 Å². The lowest BCUT2D eigenvalue weighted by molar-refractivity contribution is -0.0665. The van der Waals surface area contributed by atoms with Gasteiger partial charge in [-0.2, -0.15) is 0 Å². The van der Waals surface area contributed by atoms with Gasteiger partial charge in [0.25, 0.3) is 0 Å². The maximum atomic E-state index is 13.1. The van der Waals surface area contributed by atoms with E-state index in [9.17, 15) is 19.7 Å². The van der Waals surface area contributed by atoms with Gasteiger partial charge in [-0.3, -0.25) is 4.90 Å². The van der Waals surface area contributed by atoms with E-state index in [1.165, 1.54) is 24.3 Å². The van der Waals surface area contributed by atoms with Crippen molar-refractivity contribution in [1.29, 1.82) is 0 Å². The minimum Gasteiger partial charge on any atom is -0.508 e. The lowest BCUT2D eigenvalue weighted by Gasteiger charge is -2.44. The number of phenolic OH excluding ortho intramolecular Hbond substituents is 1. The molecule has 2 aromatic carbocycles. The molecular weight excluding hydrogens is 337 g/mol. The molecule has 2 aliphatic rings. The van der Waals surface area contributed by atoms with Crippen molar-refractivity contribution in [2.75, 3.05) is 19.7 Å². The zero-order valence-electron chi connectivity index (χ0n) is 14.3. The first-order chi connectivity index (χ1) is 12.5. The summed E-state index contributed by atoms with van der Waals surface area (Å²) in [4.78, 5) is 2.12. The Balaban J connectivity index is 1.46. The fraction of sp³-hybridized carbons (Fsp3) is 0.400. The summed E-state index contributed by atoms with van der Waals surface area (Å²) >= 11 is 0.